The van der Waals surface area contributed by atoms with Gasteiger partial charge in [-0.2, -0.15) is 0 Å². The minimum absolute atomic E-state index is 0.230. The molecule has 0 bridgehead atoms. The van der Waals surface area contributed by atoms with Gasteiger partial charge in [-0.25, -0.2) is 0 Å². The predicted molar refractivity (Wildman–Crippen MR) is 71.0 cm³/mol. The van der Waals surface area contributed by atoms with Crippen LogP contribution in [0.3, 0.4) is 0 Å². The van der Waals surface area contributed by atoms with E-state index in [1.54, 1.807) is 0 Å². The zero-order valence-electron chi connectivity index (χ0n) is 11.5. The van der Waals surface area contributed by atoms with Crippen LogP contribution in [0, 0.1) is 5.92 Å². The zero-order valence-corrected chi connectivity index (χ0v) is 11.5. The Kier molecular flexibility index (Phi) is 4.45. The first-order chi connectivity index (χ1) is 8.18. The van der Waals surface area contributed by atoms with Gasteiger partial charge in [0, 0.05) is 18.7 Å². The monoisotopic (exact) mass is 240 g/mol. The number of hydrogen-bond acceptors (Lipinski definition) is 3. The lowest BCUT2D eigenvalue weighted by molar-refractivity contribution is -0.0913. The summed E-state index contributed by atoms with van der Waals surface area (Å²) >= 11 is 0. The molecule has 100 valence electrons. The second-order valence-electron chi connectivity index (χ2n) is 6.08. The molecule has 2 saturated heterocycles. The third-order valence-electron chi connectivity index (χ3n) is 4.63. The lowest BCUT2D eigenvalue weighted by Crippen LogP contribution is -2.60. The molecule has 0 aromatic rings. The molecule has 17 heavy (non-hydrogen) atoms. The summed E-state index contributed by atoms with van der Waals surface area (Å²) in [6, 6.07) is 0. The van der Waals surface area contributed by atoms with E-state index in [0.29, 0.717) is 12.0 Å². The van der Waals surface area contributed by atoms with Gasteiger partial charge in [0.2, 0.25) is 0 Å². The van der Waals surface area contributed by atoms with Crippen LogP contribution >= 0.6 is 0 Å². The van der Waals surface area contributed by atoms with Crippen LogP contribution in [-0.2, 0) is 4.74 Å². The SMILES string of the molecule is CC(C)C1CC(CN)(N2CCCCC2)CCO1. The van der Waals surface area contributed by atoms with Crippen molar-refractivity contribution in [2.45, 2.75) is 57.6 Å². The van der Waals surface area contributed by atoms with Crippen LogP contribution in [0.5, 0.6) is 0 Å². The molecule has 0 radical (unpaired) electrons. The highest BCUT2D eigenvalue weighted by atomic mass is 16.5. The summed E-state index contributed by atoms with van der Waals surface area (Å²) in [7, 11) is 0. The fourth-order valence-corrected chi connectivity index (χ4v) is 3.33. The standard InChI is InChI=1S/C14H28N2O/c1-12(2)13-10-14(11-15,6-9-17-13)16-7-4-3-5-8-16/h12-13H,3-11,15H2,1-2H3. The van der Waals surface area contributed by atoms with E-state index >= 15 is 0 Å². The van der Waals surface area contributed by atoms with E-state index in [4.69, 9.17) is 10.5 Å². The topological polar surface area (TPSA) is 38.5 Å². The van der Waals surface area contributed by atoms with E-state index in [-0.39, 0.29) is 5.54 Å². The van der Waals surface area contributed by atoms with Gasteiger partial charge in [-0.05, 0) is 44.7 Å². The van der Waals surface area contributed by atoms with Gasteiger partial charge in [-0.3, -0.25) is 4.90 Å². The molecule has 0 aromatic carbocycles. The first kappa shape index (κ1) is 13.3. The predicted octanol–water partition coefficient (Wildman–Crippen LogP) is 2.00. The molecule has 2 rings (SSSR count). The second kappa shape index (κ2) is 5.68. The largest absolute Gasteiger partial charge is 0.378 e. The summed E-state index contributed by atoms with van der Waals surface area (Å²) in [5.74, 6) is 0.603. The molecule has 2 aliphatic rings. The molecule has 0 spiro atoms. The third kappa shape index (κ3) is 2.83. The quantitative estimate of drug-likeness (QED) is 0.820. The van der Waals surface area contributed by atoms with Gasteiger partial charge < -0.3 is 10.5 Å². The van der Waals surface area contributed by atoms with Gasteiger partial charge in [0.05, 0.1) is 6.10 Å². The Labute approximate surface area is 106 Å². The number of piperidine rings is 1. The molecule has 2 atom stereocenters. The van der Waals surface area contributed by atoms with Gasteiger partial charge >= 0.3 is 0 Å². The maximum Gasteiger partial charge on any atom is 0.0616 e. The van der Waals surface area contributed by atoms with Crippen molar-refractivity contribution in [2.75, 3.05) is 26.2 Å². The summed E-state index contributed by atoms with van der Waals surface area (Å²) in [5, 5.41) is 0. The Morgan fingerprint density at radius 2 is 2.00 bits per heavy atom. The lowest BCUT2D eigenvalue weighted by Gasteiger charge is -2.50. The Hall–Kier alpha value is -0.120. The summed E-state index contributed by atoms with van der Waals surface area (Å²) in [6.45, 7) is 8.67. The van der Waals surface area contributed by atoms with E-state index in [2.05, 4.69) is 18.7 Å². The van der Waals surface area contributed by atoms with E-state index in [1.807, 2.05) is 0 Å². The van der Waals surface area contributed by atoms with Crippen molar-refractivity contribution in [1.82, 2.24) is 4.90 Å². The van der Waals surface area contributed by atoms with Gasteiger partial charge in [-0.1, -0.05) is 20.3 Å². The van der Waals surface area contributed by atoms with Crippen LogP contribution in [0.4, 0.5) is 0 Å². The molecule has 3 nitrogen and oxygen atoms in total. The van der Waals surface area contributed by atoms with Crippen molar-refractivity contribution in [3.8, 4) is 0 Å². The van der Waals surface area contributed by atoms with Crippen LogP contribution in [0.25, 0.3) is 0 Å². The van der Waals surface area contributed by atoms with E-state index < -0.39 is 0 Å². The highest BCUT2D eigenvalue weighted by molar-refractivity contribution is 4.97. The molecular formula is C14H28N2O. The lowest BCUT2D eigenvalue weighted by atomic mass is 9.81. The molecule has 0 aliphatic carbocycles. The number of rotatable bonds is 3. The molecule has 2 aliphatic heterocycles. The van der Waals surface area contributed by atoms with Crippen molar-refractivity contribution in [3.63, 3.8) is 0 Å². The van der Waals surface area contributed by atoms with E-state index in [9.17, 15) is 0 Å². The number of hydrogen-bond donors (Lipinski definition) is 1. The second-order valence-corrected chi connectivity index (χ2v) is 6.08. The van der Waals surface area contributed by atoms with Crippen molar-refractivity contribution >= 4 is 0 Å². The average molecular weight is 240 g/mol. The first-order valence-corrected chi connectivity index (χ1v) is 7.25. The molecule has 0 saturated carbocycles. The van der Waals surface area contributed by atoms with Crippen LogP contribution in [0.15, 0.2) is 0 Å². The maximum absolute atomic E-state index is 6.13. The van der Waals surface area contributed by atoms with Crippen molar-refractivity contribution in [2.24, 2.45) is 11.7 Å². The molecule has 2 fully saturated rings. The zero-order chi connectivity index (χ0) is 12.3. The minimum Gasteiger partial charge on any atom is -0.378 e. The molecule has 2 N–H and O–H groups in total. The summed E-state index contributed by atoms with van der Waals surface area (Å²) in [4.78, 5) is 2.66. The number of ether oxygens (including phenoxy) is 1. The fourth-order valence-electron chi connectivity index (χ4n) is 3.33. The molecule has 0 aromatic heterocycles. The van der Waals surface area contributed by atoms with Crippen molar-refractivity contribution < 1.29 is 4.74 Å². The van der Waals surface area contributed by atoms with Gasteiger partial charge in [0.15, 0.2) is 0 Å². The fraction of sp³-hybridized carbons (Fsp3) is 1.00. The van der Waals surface area contributed by atoms with Gasteiger partial charge in [0.25, 0.3) is 0 Å². The maximum atomic E-state index is 6.13. The van der Waals surface area contributed by atoms with Crippen molar-refractivity contribution in [1.29, 1.82) is 0 Å². The normalized spacial score (nSPS) is 36.4. The molecule has 2 heterocycles. The number of nitrogens with two attached hydrogens (primary N) is 1. The van der Waals surface area contributed by atoms with E-state index in [1.165, 1.54) is 32.4 Å². The Bertz CT molecular complexity index is 238. The number of nitrogens with zero attached hydrogens (tertiary/aromatic N) is 1. The van der Waals surface area contributed by atoms with Crippen molar-refractivity contribution in [3.05, 3.63) is 0 Å². The number of likely N-dealkylation sites (tertiary alicyclic amines) is 1. The van der Waals surface area contributed by atoms with Crippen LogP contribution < -0.4 is 5.73 Å². The van der Waals surface area contributed by atoms with Crippen LogP contribution in [-0.4, -0.2) is 42.8 Å². The summed E-state index contributed by atoms with van der Waals surface area (Å²) < 4.78 is 5.91. The molecule has 0 amide bonds. The van der Waals surface area contributed by atoms with Gasteiger partial charge in [0.1, 0.15) is 0 Å². The van der Waals surface area contributed by atoms with Gasteiger partial charge in [-0.15, -0.1) is 0 Å². The summed E-state index contributed by atoms with van der Waals surface area (Å²) in [6.07, 6.45) is 6.72. The highest BCUT2D eigenvalue weighted by Crippen LogP contribution is 2.34. The Balaban J connectivity index is 2.06. The Morgan fingerprint density at radius 3 is 2.59 bits per heavy atom. The average Bonchev–Trinajstić information content (AvgIpc) is 2.39. The first-order valence-electron chi connectivity index (χ1n) is 7.25. The summed E-state index contributed by atoms with van der Waals surface area (Å²) in [5.41, 5.74) is 6.36. The van der Waals surface area contributed by atoms with Crippen LogP contribution in [0.1, 0.15) is 46.0 Å². The highest BCUT2D eigenvalue weighted by Gasteiger charge is 2.41. The molecule has 2 unspecified atom stereocenters. The Morgan fingerprint density at radius 1 is 1.29 bits per heavy atom. The molecule has 3 heteroatoms. The smallest absolute Gasteiger partial charge is 0.0616 e. The van der Waals surface area contributed by atoms with Crippen LogP contribution in [0.2, 0.25) is 0 Å². The van der Waals surface area contributed by atoms with E-state index in [0.717, 1.165) is 26.0 Å². The third-order valence-corrected chi connectivity index (χ3v) is 4.63. The minimum atomic E-state index is 0.230. The molecular weight excluding hydrogens is 212 g/mol.